The largest absolute Gasteiger partial charge is 0.368 e. The molecule has 4 nitrogen and oxygen atoms in total. The molecule has 0 radical (unpaired) electrons. The smallest absolute Gasteiger partial charge is 0.217 e. The fraction of sp³-hybridized carbons (Fsp3) is 0.812. The maximum Gasteiger partial charge on any atom is 0.217 e. The Morgan fingerprint density at radius 3 is 2.40 bits per heavy atom. The Bertz CT molecular complexity index is 386. The monoisotopic (exact) mass is 281 g/mol. The lowest BCUT2D eigenvalue weighted by molar-refractivity contribution is -0.121. The maximum absolute atomic E-state index is 11.5. The van der Waals surface area contributed by atoms with E-state index < -0.39 is 5.60 Å². The molecular weight excluding hydrogens is 254 g/mol. The van der Waals surface area contributed by atoms with Crippen molar-refractivity contribution in [3.8, 4) is 12.3 Å². The molecule has 114 valence electrons. The standard InChI is InChI=1S/C16H27NO3/c1-8-16(19-7)14(17-12(6)18)13(9-10(2)3)20-15(16)11(4)5/h1,10-11,13-15H,9H2,2-7H3,(H,17,18)/t13-,14+,15+,16-/m1/s1. The third-order valence-corrected chi connectivity index (χ3v) is 3.81. The molecule has 0 saturated carbocycles. The van der Waals surface area contributed by atoms with Gasteiger partial charge in [0.25, 0.3) is 0 Å². The molecule has 1 N–H and O–H groups in total. The quantitative estimate of drug-likeness (QED) is 0.784. The van der Waals surface area contributed by atoms with E-state index in [0.29, 0.717) is 5.92 Å². The molecular formula is C16H27NO3. The summed E-state index contributed by atoms with van der Waals surface area (Å²) in [6, 6.07) is -0.315. The van der Waals surface area contributed by atoms with E-state index in [2.05, 4.69) is 38.9 Å². The van der Waals surface area contributed by atoms with E-state index in [1.165, 1.54) is 6.92 Å². The lowest BCUT2D eigenvalue weighted by Gasteiger charge is -2.34. The van der Waals surface area contributed by atoms with Crippen molar-refractivity contribution >= 4 is 5.91 Å². The Hall–Kier alpha value is -1.05. The SMILES string of the molecule is C#C[C@]1(OC)[C@H](C(C)C)O[C@H](CC(C)C)[C@@H]1NC(C)=O. The van der Waals surface area contributed by atoms with Crippen LogP contribution in [0.15, 0.2) is 0 Å². The molecule has 0 aromatic rings. The summed E-state index contributed by atoms with van der Waals surface area (Å²) >= 11 is 0. The third-order valence-electron chi connectivity index (χ3n) is 3.81. The van der Waals surface area contributed by atoms with Crippen LogP contribution in [0.3, 0.4) is 0 Å². The second-order valence-corrected chi connectivity index (χ2v) is 6.29. The topological polar surface area (TPSA) is 47.6 Å². The van der Waals surface area contributed by atoms with E-state index in [-0.39, 0.29) is 30.1 Å². The fourth-order valence-electron chi connectivity index (χ4n) is 3.02. The van der Waals surface area contributed by atoms with Crippen molar-refractivity contribution in [2.24, 2.45) is 11.8 Å². The van der Waals surface area contributed by atoms with Crippen LogP contribution in [-0.2, 0) is 14.3 Å². The molecule has 0 aromatic carbocycles. The van der Waals surface area contributed by atoms with Gasteiger partial charge in [-0.2, -0.15) is 0 Å². The molecule has 4 atom stereocenters. The Labute approximate surface area is 122 Å². The lowest BCUT2D eigenvalue weighted by atomic mass is 9.82. The van der Waals surface area contributed by atoms with E-state index in [1.54, 1.807) is 7.11 Å². The molecule has 0 unspecified atom stereocenters. The highest BCUT2D eigenvalue weighted by Crippen LogP contribution is 2.39. The second-order valence-electron chi connectivity index (χ2n) is 6.29. The molecule has 1 amide bonds. The highest BCUT2D eigenvalue weighted by molar-refractivity contribution is 5.73. The Morgan fingerprint density at radius 1 is 1.45 bits per heavy atom. The van der Waals surface area contributed by atoms with Crippen LogP contribution in [0.2, 0.25) is 0 Å². The summed E-state index contributed by atoms with van der Waals surface area (Å²) in [4.78, 5) is 11.5. The van der Waals surface area contributed by atoms with Crippen molar-refractivity contribution in [2.75, 3.05) is 7.11 Å². The van der Waals surface area contributed by atoms with Crippen LogP contribution in [0.25, 0.3) is 0 Å². The first-order valence-electron chi connectivity index (χ1n) is 7.24. The summed E-state index contributed by atoms with van der Waals surface area (Å²) in [5.41, 5.74) is -0.903. The van der Waals surface area contributed by atoms with Gasteiger partial charge in [-0.25, -0.2) is 0 Å². The molecule has 1 saturated heterocycles. The Morgan fingerprint density at radius 2 is 2.05 bits per heavy atom. The lowest BCUT2D eigenvalue weighted by Crippen LogP contribution is -2.57. The first-order chi connectivity index (χ1) is 9.28. The average molecular weight is 281 g/mol. The number of amides is 1. The number of carbonyl (C=O) groups excluding carboxylic acids is 1. The van der Waals surface area contributed by atoms with Crippen molar-refractivity contribution in [1.82, 2.24) is 5.32 Å². The molecule has 0 spiro atoms. The number of hydrogen-bond acceptors (Lipinski definition) is 3. The molecule has 1 fully saturated rings. The summed E-state index contributed by atoms with van der Waals surface area (Å²) in [5, 5.41) is 2.94. The molecule has 0 aliphatic carbocycles. The van der Waals surface area contributed by atoms with E-state index >= 15 is 0 Å². The van der Waals surface area contributed by atoms with Crippen LogP contribution in [0, 0.1) is 24.2 Å². The number of carbonyl (C=O) groups is 1. The minimum Gasteiger partial charge on any atom is -0.368 e. The van der Waals surface area contributed by atoms with Gasteiger partial charge in [0.15, 0.2) is 5.60 Å². The fourth-order valence-corrected chi connectivity index (χ4v) is 3.02. The summed E-state index contributed by atoms with van der Waals surface area (Å²) in [7, 11) is 1.59. The van der Waals surface area contributed by atoms with Gasteiger partial charge in [-0.3, -0.25) is 4.79 Å². The van der Waals surface area contributed by atoms with Crippen molar-refractivity contribution in [2.45, 2.75) is 64.9 Å². The maximum atomic E-state index is 11.5. The average Bonchev–Trinajstić information content (AvgIpc) is 2.63. The number of nitrogens with one attached hydrogen (secondary N) is 1. The van der Waals surface area contributed by atoms with Gasteiger partial charge in [-0.1, -0.05) is 33.6 Å². The second kappa shape index (κ2) is 6.60. The number of methoxy groups -OCH3 is 1. The zero-order chi connectivity index (χ0) is 15.5. The van der Waals surface area contributed by atoms with Crippen molar-refractivity contribution in [3.63, 3.8) is 0 Å². The van der Waals surface area contributed by atoms with Crippen LogP contribution in [0.5, 0.6) is 0 Å². The molecule has 1 rings (SSSR count). The molecule has 1 aliphatic rings. The Kier molecular flexibility index (Phi) is 5.61. The zero-order valence-corrected chi connectivity index (χ0v) is 13.4. The van der Waals surface area contributed by atoms with Crippen LogP contribution in [-0.4, -0.2) is 36.9 Å². The van der Waals surface area contributed by atoms with Gasteiger partial charge >= 0.3 is 0 Å². The van der Waals surface area contributed by atoms with Gasteiger partial charge < -0.3 is 14.8 Å². The van der Waals surface area contributed by atoms with Gasteiger partial charge in [-0.05, 0) is 18.3 Å². The van der Waals surface area contributed by atoms with Gasteiger partial charge in [0.1, 0.15) is 6.10 Å². The molecule has 20 heavy (non-hydrogen) atoms. The number of hydrogen-bond donors (Lipinski definition) is 1. The first-order valence-corrected chi connectivity index (χ1v) is 7.24. The number of rotatable bonds is 5. The van der Waals surface area contributed by atoms with Crippen LogP contribution < -0.4 is 5.32 Å². The van der Waals surface area contributed by atoms with Crippen molar-refractivity contribution in [3.05, 3.63) is 0 Å². The molecule has 1 aliphatic heterocycles. The van der Waals surface area contributed by atoms with Gasteiger partial charge in [0.2, 0.25) is 5.91 Å². The third kappa shape index (κ3) is 3.16. The first kappa shape index (κ1) is 17.0. The van der Waals surface area contributed by atoms with Gasteiger partial charge in [0.05, 0.1) is 12.1 Å². The number of terminal acetylenes is 1. The Balaban J connectivity index is 3.17. The summed E-state index contributed by atoms with van der Waals surface area (Å²) in [6.07, 6.45) is 6.25. The van der Waals surface area contributed by atoms with Crippen LogP contribution >= 0.6 is 0 Å². The predicted molar refractivity (Wildman–Crippen MR) is 79.1 cm³/mol. The molecule has 4 heteroatoms. The van der Waals surface area contributed by atoms with E-state index in [0.717, 1.165) is 6.42 Å². The minimum absolute atomic E-state index is 0.117. The van der Waals surface area contributed by atoms with Crippen LogP contribution in [0.1, 0.15) is 41.0 Å². The van der Waals surface area contributed by atoms with Crippen LogP contribution in [0.4, 0.5) is 0 Å². The van der Waals surface area contributed by atoms with E-state index in [1.807, 2.05) is 0 Å². The molecule has 1 heterocycles. The van der Waals surface area contributed by atoms with Crippen molar-refractivity contribution in [1.29, 1.82) is 0 Å². The van der Waals surface area contributed by atoms with Gasteiger partial charge in [0, 0.05) is 14.0 Å². The normalized spacial score (nSPS) is 33.5. The molecule has 0 aromatic heterocycles. The van der Waals surface area contributed by atoms with Crippen molar-refractivity contribution < 1.29 is 14.3 Å². The van der Waals surface area contributed by atoms with E-state index in [9.17, 15) is 4.79 Å². The minimum atomic E-state index is -0.903. The summed E-state index contributed by atoms with van der Waals surface area (Å²) < 4.78 is 11.8. The summed E-state index contributed by atoms with van der Waals surface area (Å²) in [6.45, 7) is 9.85. The van der Waals surface area contributed by atoms with Gasteiger partial charge in [-0.15, -0.1) is 6.42 Å². The number of ether oxygens (including phenoxy) is 2. The summed E-state index contributed by atoms with van der Waals surface area (Å²) in [5.74, 6) is 3.30. The highest BCUT2D eigenvalue weighted by Gasteiger charge is 2.57. The highest BCUT2D eigenvalue weighted by atomic mass is 16.6. The van der Waals surface area contributed by atoms with E-state index in [4.69, 9.17) is 15.9 Å². The molecule has 0 bridgehead atoms. The zero-order valence-electron chi connectivity index (χ0n) is 13.4. The predicted octanol–water partition coefficient (Wildman–Crippen LogP) is 1.98.